The first-order chi connectivity index (χ1) is 15.3. The number of aromatic nitrogens is 2. The molecule has 0 amide bonds. The van der Waals surface area contributed by atoms with Crippen molar-refractivity contribution in [2.24, 2.45) is 0 Å². The summed E-state index contributed by atoms with van der Waals surface area (Å²) in [6, 6.07) is 12.7. The maximum absolute atomic E-state index is 11.8. The molecular weight excluding hydrogens is 531 g/mol. The van der Waals surface area contributed by atoms with Gasteiger partial charge in [-0.3, -0.25) is 14.9 Å². The van der Waals surface area contributed by atoms with Gasteiger partial charge in [0.2, 0.25) is 0 Å². The Morgan fingerprint density at radius 1 is 1.34 bits per heavy atom. The predicted molar refractivity (Wildman–Crippen MR) is 123 cm³/mol. The van der Waals surface area contributed by atoms with Gasteiger partial charge in [-0.15, -0.1) is 0 Å². The highest BCUT2D eigenvalue weighted by Crippen LogP contribution is 2.35. The molecule has 1 heterocycles. The molecule has 3 rings (SSSR count). The fourth-order valence-electron chi connectivity index (χ4n) is 2.77. The number of benzene rings is 2. The minimum atomic E-state index is -1.06. The van der Waals surface area contributed by atoms with Gasteiger partial charge in [-0.05, 0) is 52.4 Å². The Morgan fingerprint density at radius 2 is 2.09 bits per heavy atom. The summed E-state index contributed by atoms with van der Waals surface area (Å²) in [6.45, 7) is 0.179. The van der Waals surface area contributed by atoms with Crippen molar-refractivity contribution in [3.05, 3.63) is 83.0 Å². The third-order valence-corrected chi connectivity index (χ3v) is 5.07. The number of methoxy groups -OCH3 is 1. The molecule has 0 atom stereocenters. The number of nitrogens with zero attached hydrogens (tertiary/aromatic N) is 3. The molecule has 0 aliphatic heterocycles. The van der Waals surface area contributed by atoms with Crippen molar-refractivity contribution in [2.75, 3.05) is 7.11 Å². The van der Waals surface area contributed by atoms with Crippen molar-refractivity contribution in [3.63, 3.8) is 0 Å². The van der Waals surface area contributed by atoms with Crippen molar-refractivity contribution < 1.29 is 19.5 Å². The molecule has 0 bridgehead atoms. The summed E-state index contributed by atoms with van der Waals surface area (Å²) in [6.07, 6.45) is 2.97. The van der Waals surface area contributed by atoms with Crippen molar-refractivity contribution in [2.45, 2.75) is 6.61 Å². The van der Waals surface area contributed by atoms with Crippen LogP contribution in [0.25, 0.3) is 12.2 Å². The van der Waals surface area contributed by atoms with Gasteiger partial charge in [-0.1, -0.05) is 24.3 Å². The number of hydrogen-bond acceptors (Lipinski definition) is 8. The van der Waals surface area contributed by atoms with Crippen molar-refractivity contribution in [1.29, 1.82) is 5.26 Å². The third kappa shape index (κ3) is 5.03. The SMILES string of the molecule is COc1cc(/C=C\c2nc(O)c([N+](=O)[O-])c(=O)[nH]2)cc(I)c1OCc1ccccc1C#N. The van der Waals surface area contributed by atoms with Crippen molar-refractivity contribution in [1.82, 2.24) is 9.97 Å². The van der Waals surface area contributed by atoms with Gasteiger partial charge in [0.05, 0.1) is 27.2 Å². The van der Waals surface area contributed by atoms with E-state index in [1.807, 2.05) is 12.1 Å². The van der Waals surface area contributed by atoms with Crippen LogP contribution < -0.4 is 15.0 Å². The van der Waals surface area contributed by atoms with Gasteiger partial charge in [0.25, 0.3) is 5.88 Å². The molecular formula is C21H15IN4O6. The minimum Gasteiger partial charge on any atom is -0.493 e. The van der Waals surface area contributed by atoms with Gasteiger partial charge in [0, 0.05) is 5.56 Å². The summed E-state index contributed by atoms with van der Waals surface area (Å²) >= 11 is 2.08. The topological polar surface area (TPSA) is 151 Å². The Labute approximate surface area is 195 Å². The molecule has 0 unspecified atom stereocenters. The van der Waals surface area contributed by atoms with Gasteiger partial charge in [0.1, 0.15) is 12.4 Å². The smallest absolute Gasteiger partial charge is 0.395 e. The summed E-state index contributed by atoms with van der Waals surface area (Å²) in [5.41, 5.74) is -0.149. The standard InChI is InChI=1S/C21H15IN4O6/c1-31-16-9-12(6-7-17-24-20(27)18(26(29)30)21(28)25-17)8-15(22)19(16)32-11-14-5-3-2-4-13(14)10-23/h2-9H,11H2,1H3,(H2,24,25,27,28)/b7-6-. The average Bonchev–Trinajstić information content (AvgIpc) is 2.76. The number of rotatable bonds is 7. The van der Waals surface area contributed by atoms with Crippen LogP contribution in [0.3, 0.4) is 0 Å². The first kappa shape index (κ1) is 22.8. The summed E-state index contributed by atoms with van der Waals surface area (Å²) in [5, 5.41) is 29.6. The molecule has 1 aromatic heterocycles. The molecule has 11 heteroatoms. The monoisotopic (exact) mass is 546 g/mol. The number of nitriles is 1. The molecule has 0 aliphatic carbocycles. The van der Waals surface area contributed by atoms with E-state index in [0.717, 1.165) is 9.13 Å². The van der Waals surface area contributed by atoms with E-state index < -0.39 is 22.0 Å². The van der Waals surface area contributed by atoms with Crippen molar-refractivity contribution >= 4 is 40.4 Å². The highest BCUT2D eigenvalue weighted by atomic mass is 127. The lowest BCUT2D eigenvalue weighted by Gasteiger charge is -2.14. The van der Waals surface area contributed by atoms with E-state index in [4.69, 9.17) is 9.47 Å². The van der Waals surface area contributed by atoms with Crippen LogP contribution in [0.2, 0.25) is 0 Å². The number of aromatic hydroxyl groups is 1. The number of hydrogen-bond donors (Lipinski definition) is 2. The Bertz CT molecular complexity index is 1310. The van der Waals surface area contributed by atoms with Gasteiger partial charge >= 0.3 is 11.2 Å². The normalized spacial score (nSPS) is 10.7. The van der Waals surface area contributed by atoms with E-state index in [9.17, 15) is 25.3 Å². The van der Waals surface area contributed by atoms with Crippen LogP contribution in [0, 0.1) is 25.0 Å². The molecule has 32 heavy (non-hydrogen) atoms. The van der Waals surface area contributed by atoms with Crippen molar-refractivity contribution in [3.8, 4) is 23.4 Å². The van der Waals surface area contributed by atoms with Crippen LogP contribution in [0.15, 0.2) is 41.2 Å². The lowest BCUT2D eigenvalue weighted by molar-refractivity contribution is -0.387. The second-order valence-electron chi connectivity index (χ2n) is 6.31. The summed E-state index contributed by atoms with van der Waals surface area (Å²) in [4.78, 5) is 27.4. The summed E-state index contributed by atoms with van der Waals surface area (Å²) < 4.78 is 12.1. The Kier molecular flexibility index (Phi) is 7.06. The highest BCUT2D eigenvalue weighted by Gasteiger charge is 2.21. The predicted octanol–water partition coefficient (Wildman–Crippen LogP) is 3.62. The number of nitro groups is 1. The summed E-state index contributed by atoms with van der Waals surface area (Å²) in [7, 11) is 1.49. The van der Waals surface area contributed by atoms with E-state index in [2.05, 4.69) is 38.6 Å². The zero-order valence-electron chi connectivity index (χ0n) is 16.5. The zero-order chi connectivity index (χ0) is 23.3. The van der Waals surface area contributed by atoms with Gasteiger partial charge in [-0.2, -0.15) is 10.2 Å². The second kappa shape index (κ2) is 9.92. The molecule has 3 aromatic rings. The van der Waals surface area contributed by atoms with E-state index in [0.29, 0.717) is 22.6 Å². The second-order valence-corrected chi connectivity index (χ2v) is 7.47. The molecule has 2 N–H and O–H groups in total. The lowest BCUT2D eigenvalue weighted by atomic mass is 10.1. The Balaban J connectivity index is 1.86. The molecule has 162 valence electrons. The lowest BCUT2D eigenvalue weighted by Crippen LogP contribution is -2.14. The fourth-order valence-corrected chi connectivity index (χ4v) is 3.55. The molecule has 0 aliphatic rings. The molecule has 0 fully saturated rings. The number of halogens is 1. The van der Waals surface area contributed by atoms with Crippen LogP contribution >= 0.6 is 22.6 Å². The Morgan fingerprint density at radius 3 is 2.75 bits per heavy atom. The maximum Gasteiger partial charge on any atom is 0.395 e. The van der Waals surface area contributed by atoms with Gasteiger partial charge < -0.3 is 19.6 Å². The minimum absolute atomic E-state index is 0.0551. The Hall–Kier alpha value is -3.92. The maximum atomic E-state index is 11.8. The molecule has 10 nitrogen and oxygen atoms in total. The average molecular weight is 546 g/mol. The van der Waals surface area contributed by atoms with Gasteiger partial charge in [0.15, 0.2) is 11.5 Å². The number of H-pyrrole nitrogens is 1. The van der Waals surface area contributed by atoms with E-state index >= 15 is 0 Å². The first-order valence-corrected chi connectivity index (χ1v) is 10.1. The van der Waals surface area contributed by atoms with E-state index in [-0.39, 0.29) is 12.4 Å². The van der Waals surface area contributed by atoms with Crippen LogP contribution in [-0.2, 0) is 6.61 Å². The number of aromatic amines is 1. The van der Waals surface area contributed by atoms with Gasteiger partial charge in [-0.25, -0.2) is 0 Å². The molecule has 0 saturated carbocycles. The third-order valence-electron chi connectivity index (χ3n) is 4.27. The zero-order valence-corrected chi connectivity index (χ0v) is 18.7. The quantitative estimate of drug-likeness (QED) is 0.259. The molecule has 0 radical (unpaired) electrons. The molecule has 0 saturated heterocycles. The van der Waals surface area contributed by atoms with Crippen LogP contribution in [0.4, 0.5) is 5.69 Å². The van der Waals surface area contributed by atoms with Crippen LogP contribution in [0.1, 0.15) is 22.5 Å². The molecule has 0 spiro atoms. The fraction of sp³-hybridized carbons (Fsp3) is 0.0952. The first-order valence-electron chi connectivity index (χ1n) is 8.98. The summed E-state index contributed by atoms with van der Waals surface area (Å²) in [5.74, 6) is -0.0797. The number of ether oxygens (including phenoxy) is 2. The number of nitrogens with one attached hydrogen (secondary N) is 1. The largest absolute Gasteiger partial charge is 0.493 e. The highest BCUT2D eigenvalue weighted by molar-refractivity contribution is 14.1. The van der Waals surface area contributed by atoms with E-state index in [1.165, 1.54) is 13.2 Å². The van der Waals surface area contributed by atoms with Crippen LogP contribution in [0.5, 0.6) is 17.4 Å². The van der Waals surface area contributed by atoms with E-state index in [1.54, 1.807) is 30.3 Å². The van der Waals surface area contributed by atoms with Crippen LogP contribution in [-0.4, -0.2) is 27.1 Å². The molecule has 2 aromatic carbocycles.